The Morgan fingerprint density at radius 1 is 1.05 bits per heavy atom. The molecule has 0 bridgehead atoms. The molecule has 1 N–H and O–H groups in total. The van der Waals surface area contributed by atoms with Crippen LogP contribution in [0.4, 0.5) is 23.7 Å². The van der Waals surface area contributed by atoms with E-state index in [1.54, 1.807) is 18.2 Å². The zero-order chi connectivity index (χ0) is 30.2. The van der Waals surface area contributed by atoms with E-state index in [4.69, 9.17) is 27.9 Å². The first kappa shape index (κ1) is 29.6. The number of nitrogens with zero attached hydrogens (tertiary/aromatic N) is 2. The SMILES string of the molecule is COc1ccc(C(F)(F)F)cc1NC(=O)CN1C(=O)S/C(=C\c2cn(Cc3ccc(Cl)c(Cl)c3)c3ccccc23)C1=O. The molecule has 1 saturated heterocycles. The van der Waals surface area contributed by atoms with Crippen LogP contribution in [0, 0.1) is 0 Å². The summed E-state index contributed by atoms with van der Waals surface area (Å²) in [6, 6.07) is 15.5. The van der Waals surface area contributed by atoms with Crippen molar-refractivity contribution < 1.29 is 32.3 Å². The summed E-state index contributed by atoms with van der Waals surface area (Å²) in [5.41, 5.74) is 1.22. The van der Waals surface area contributed by atoms with Crippen LogP contribution in [0.25, 0.3) is 17.0 Å². The van der Waals surface area contributed by atoms with Gasteiger partial charge in [-0.15, -0.1) is 0 Å². The van der Waals surface area contributed by atoms with Gasteiger partial charge in [-0.2, -0.15) is 13.2 Å². The smallest absolute Gasteiger partial charge is 0.416 e. The highest BCUT2D eigenvalue weighted by Gasteiger charge is 2.37. The summed E-state index contributed by atoms with van der Waals surface area (Å²) in [7, 11) is 1.24. The molecule has 4 aromatic rings. The maximum absolute atomic E-state index is 13.2. The number of aromatic nitrogens is 1. The molecule has 0 spiro atoms. The molecule has 0 atom stereocenters. The number of carbonyl (C=O) groups excluding carboxylic acids is 3. The van der Waals surface area contributed by atoms with Gasteiger partial charge in [-0.3, -0.25) is 19.3 Å². The molecule has 1 fully saturated rings. The third kappa shape index (κ3) is 6.13. The summed E-state index contributed by atoms with van der Waals surface area (Å²) in [5.74, 6) is -1.57. The quantitative estimate of drug-likeness (QED) is 0.211. The number of anilines is 1. The predicted molar refractivity (Wildman–Crippen MR) is 157 cm³/mol. The minimum Gasteiger partial charge on any atom is -0.495 e. The van der Waals surface area contributed by atoms with Gasteiger partial charge in [0, 0.05) is 29.2 Å². The van der Waals surface area contributed by atoms with Crippen LogP contribution >= 0.6 is 35.0 Å². The number of ether oxygens (including phenoxy) is 1. The van der Waals surface area contributed by atoms with E-state index < -0.39 is 35.3 Å². The Labute approximate surface area is 251 Å². The van der Waals surface area contributed by atoms with E-state index in [1.165, 1.54) is 7.11 Å². The highest BCUT2D eigenvalue weighted by molar-refractivity contribution is 8.18. The minimum absolute atomic E-state index is 0.0114. The summed E-state index contributed by atoms with van der Waals surface area (Å²) in [6.45, 7) is -0.230. The van der Waals surface area contributed by atoms with E-state index in [2.05, 4.69) is 5.32 Å². The molecule has 1 aliphatic rings. The number of hydrogen-bond donors (Lipinski definition) is 1. The Morgan fingerprint density at radius 3 is 2.52 bits per heavy atom. The number of para-hydroxylation sites is 1. The van der Waals surface area contributed by atoms with Gasteiger partial charge in [0.25, 0.3) is 11.1 Å². The zero-order valence-electron chi connectivity index (χ0n) is 21.7. The first-order chi connectivity index (χ1) is 19.9. The number of methoxy groups -OCH3 is 1. The van der Waals surface area contributed by atoms with Crippen molar-refractivity contribution in [3.8, 4) is 5.75 Å². The molecule has 216 valence electrons. The number of benzene rings is 3. The number of carbonyl (C=O) groups is 3. The lowest BCUT2D eigenvalue weighted by atomic mass is 10.1. The number of hydrogen-bond acceptors (Lipinski definition) is 5. The van der Waals surface area contributed by atoms with E-state index in [0.717, 1.165) is 39.6 Å². The van der Waals surface area contributed by atoms with Crippen molar-refractivity contribution in [1.29, 1.82) is 0 Å². The van der Waals surface area contributed by atoms with Crippen molar-refractivity contribution in [1.82, 2.24) is 9.47 Å². The van der Waals surface area contributed by atoms with Crippen LogP contribution in [0.3, 0.4) is 0 Å². The van der Waals surface area contributed by atoms with Crippen LogP contribution in [0.2, 0.25) is 10.0 Å². The van der Waals surface area contributed by atoms with Crippen molar-refractivity contribution in [2.75, 3.05) is 19.0 Å². The fourth-order valence-electron chi connectivity index (χ4n) is 4.45. The molecule has 13 heteroatoms. The van der Waals surface area contributed by atoms with Gasteiger partial charge < -0.3 is 14.6 Å². The van der Waals surface area contributed by atoms with Crippen LogP contribution in [-0.4, -0.2) is 40.2 Å². The second-order valence-corrected chi connectivity index (χ2v) is 11.0. The molecule has 2 heterocycles. The Balaban J connectivity index is 1.36. The molecule has 1 aromatic heterocycles. The van der Waals surface area contributed by atoms with Crippen molar-refractivity contribution in [3.63, 3.8) is 0 Å². The topological polar surface area (TPSA) is 80.6 Å². The summed E-state index contributed by atoms with van der Waals surface area (Å²) < 4.78 is 46.5. The standard InChI is InChI=1S/C29H20Cl2F3N3O4S/c1-41-24-9-7-18(29(32,33)34)12-22(24)35-26(38)15-37-27(39)25(42-28(37)40)11-17-14-36(23-5-3-2-4-19(17)23)13-16-6-8-20(30)21(31)10-16/h2-12,14H,13,15H2,1H3,(H,35,38)/b25-11-. The Hall–Kier alpha value is -3.93. The van der Waals surface area contributed by atoms with Crippen LogP contribution in [0.15, 0.2) is 71.8 Å². The van der Waals surface area contributed by atoms with Gasteiger partial charge in [0.1, 0.15) is 12.3 Å². The Kier molecular flexibility index (Phi) is 8.27. The van der Waals surface area contributed by atoms with Crippen LogP contribution in [0.5, 0.6) is 5.75 Å². The number of imide groups is 1. The van der Waals surface area contributed by atoms with Crippen LogP contribution in [0.1, 0.15) is 16.7 Å². The summed E-state index contributed by atoms with van der Waals surface area (Å²) >= 11 is 12.9. The maximum atomic E-state index is 13.2. The third-order valence-corrected chi connectivity index (χ3v) is 8.07. The van der Waals surface area contributed by atoms with Gasteiger partial charge in [0.2, 0.25) is 5.91 Å². The number of nitrogens with one attached hydrogen (secondary N) is 1. The summed E-state index contributed by atoms with van der Waals surface area (Å²) in [6.07, 6.45) is -1.23. The molecular formula is C29H20Cl2F3N3O4S. The van der Waals surface area contributed by atoms with E-state index in [9.17, 15) is 27.6 Å². The Bertz CT molecular complexity index is 1770. The highest BCUT2D eigenvalue weighted by Crippen LogP contribution is 2.36. The summed E-state index contributed by atoms with van der Waals surface area (Å²) in [4.78, 5) is 39.4. The first-order valence-corrected chi connectivity index (χ1v) is 13.8. The molecule has 1 aliphatic heterocycles. The largest absolute Gasteiger partial charge is 0.495 e. The number of halogens is 5. The third-order valence-electron chi connectivity index (χ3n) is 6.42. The zero-order valence-corrected chi connectivity index (χ0v) is 24.0. The monoisotopic (exact) mass is 633 g/mol. The molecule has 3 aromatic carbocycles. The van der Waals surface area contributed by atoms with Crippen molar-refractivity contribution in [2.45, 2.75) is 12.7 Å². The lowest BCUT2D eigenvalue weighted by Gasteiger charge is -2.16. The number of rotatable bonds is 7. The molecule has 0 radical (unpaired) electrons. The molecule has 42 heavy (non-hydrogen) atoms. The van der Waals surface area contributed by atoms with Crippen molar-refractivity contribution >= 4 is 74.7 Å². The number of fused-ring (bicyclic) bond motifs is 1. The fourth-order valence-corrected chi connectivity index (χ4v) is 5.60. The average Bonchev–Trinajstić information content (AvgIpc) is 3.41. The molecule has 7 nitrogen and oxygen atoms in total. The molecular weight excluding hydrogens is 614 g/mol. The van der Waals surface area contributed by atoms with Crippen LogP contribution < -0.4 is 10.1 Å². The average molecular weight is 634 g/mol. The lowest BCUT2D eigenvalue weighted by molar-refractivity contribution is -0.137. The van der Waals surface area contributed by atoms with E-state index in [1.807, 2.05) is 41.1 Å². The highest BCUT2D eigenvalue weighted by atomic mass is 35.5. The van der Waals surface area contributed by atoms with Gasteiger partial charge in [-0.25, -0.2) is 0 Å². The molecule has 3 amide bonds. The Morgan fingerprint density at radius 2 is 1.81 bits per heavy atom. The van der Waals surface area contributed by atoms with Gasteiger partial charge in [0.15, 0.2) is 0 Å². The minimum atomic E-state index is -4.64. The second kappa shape index (κ2) is 11.7. The number of thioether (sulfide) groups is 1. The molecule has 0 unspecified atom stereocenters. The maximum Gasteiger partial charge on any atom is 0.416 e. The van der Waals surface area contributed by atoms with Gasteiger partial charge in [-0.05, 0) is 59.8 Å². The lowest BCUT2D eigenvalue weighted by Crippen LogP contribution is -2.36. The van der Waals surface area contributed by atoms with Crippen LogP contribution in [-0.2, 0) is 22.3 Å². The van der Waals surface area contributed by atoms with E-state index in [0.29, 0.717) is 33.9 Å². The first-order valence-electron chi connectivity index (χ1n) is 12.3. The number of alkyl halides is 3. The normalized spacial score (nSPS) is 14.7. The molecule has 0 saturated carbocycles. The second-order valence-electron chi connectivity index (χ2n) is 9.21. The van der Waals surface area contributed by atoms with Crippen molar-refractivity contribution in [2.24, 2.45) is 0 Å². The summed E-state index contributed by atoms with van der Waals surface area (Å²) in [5, 5.41) is 3.32. The van der Waals surface area contributed by atoms with E-state index >= 15 is 0 Å². The van der Waals surface area contributed by atoms with Gasteiger partial charge >= 0.3 is 6.18 Å². The van der Waals surface area contributed by atoms with E-state index in [-0.39, 0.29) is 16.3 Å². The molecule has 5 rings (SSSR count). The fraction of sp³-hybridized carbons (Fsp3) is 0.138. The van der Waals surface area contributed by atoms with Gasteiger partial charge in [-0.1, -0.05) is 47.5 Å². The van der Waals surface area contributed by atoms with Gasteiger partial charge in [0.05, 0.1) is 33.3 Å². The predicted octanol–water partition coefficient (Wildman–Crippen LogP) is 7.70. The molecule has 0 aliphatic carbocycles. The van der Waals surface area contributed by atoms with Crippen molar-refractivity contribution in [3.05, 3.63) is 98.5 Å². The number of amides is 3.